The molecule has 5 nitrogen and oxygen atoms in total. The van der Waals surface area contributed by atoms with E-state index in [1.165, 1.54) is 25.4 Å². The molecule has 1 N–H and O–H groups in total. The van der Waals surface area contributed by atoms with E-state index in [1.54, 1.807) is 24.3 Å². The molecule has 1 aromatic heterocycles. The number of amides is 2. The summed E-state index contributed by atoms with van der Waals surface area (Å²) in [4.78, 5) is 27.4. The molecule has 0 fully saturated rings. The number of benzene rings is 2. The fourth-order valence-corrected chi connectivity index (χ4v) is 4.40. The molecule has 0 bridgehead atoms. The molecule has 4 rings (SSSR count). The van der Waals surface area contributed by atoms with Gasteiger partial charge >= 0.3 is 12.4 Å². The van der Waals surface area contributed by atoms with Gasteiger partial charge in [0.25, 0.3) is 5.91 Å². The molecule has 0 saturated heterocycles. The van der Waals surface area contributed by atoms with E-state index in [1.807, 2.05) is 0 Å². The number of nitrogens with one attached hydrogen (secondary N) is 1. The molecule has 190 valence electrons. The number of rotatable bonds is 5. The Morgan fingerprint density at radius 3 is 2.19 bits per heavy atom. The van der Waals surface area contributed by atoms with Crippen LogP contribution in [0, 0.1) is 0 Å². The number of hydrogen-bond acceptors (Lipinski definition) is 3. The molecule has 2 atom stereocenters. The van der Waals surface area contributed by atoms with Crippen LogP contribution >= 0.6 is 0 Å². The van der Waals surface area contributed by atoms with E-state index < -0.39 is 52.8 Å². The fourth-order valence-electron chi connectivity index (χ4n) is 4.40. The lowest BCUT2D eigenvalue weighted by molar-refractivity contribution is -0.143. The zero-order chi connectivity index (χ0) is 26.3. The van der Waals surface area contributed by atoms with Crippen molar-refractivity contribution in [2.45, 2.75) is 30.7 Å². The minimum atomic E-state index is -5.08. The summed E-state index contributed by atoms with van der Waals surface area (Å²) in [5.41, 5.74) is -3.14. The first-order chi connectivity index (χ1) is 16.9. The molecule has 2 unspecified atom stereocenters. The SMILES string of the molecule is CN1C(=O)c2ccccc2C(C(=O)NCCc2ccco2)C1c1cc(C(F)(F)F)cc(C(F)(F)F)c1. The zero-order valence-corrected chi connectivity index (χ0v) is 18.8. The van der Waals surface area contributed by atoms with Crippen LogP contribution in [0.4, 0.5) is 26.3 Å². The number of nitrogens with zero attached hydrogens (tertiary/aromatic N) is 1. The molecule has 0 radical (unpaired) electrons. The van der Waals surface area contributed by atoms with Crippen LogP contribution in [0.5, 0.6) is 0 Å². The van der Waals surface area contributed by atoms with Crippen molar-refractivity contribution in [1.82, 2.24) is 10.2 Å². The summed E-state index contributed by atoms with van der Waals surface area (Å²) in [5, 5.41) is 2.68. The molecule has 1 aliphatic rings. The largest absolute Gasteiger partial charge is 0.469 e. The van der Waals surface area contributed by atoms with Gasteiger partial charge in [-0.3, -0.25) is 9.59 Å². The Morgan fingerprint density at radius 1 is 0.972 bits per heavy atom. The van der Waals surface area contributed by atoms with Gasteiger partial charge in [-0.2, -0.15) is 26.3 Å². The summed E-state index contributed by atoms with van der Waals surface area (Å²) in [7, 11) is 1.25. The summed E-state index contributed by atoms with van der Waals surface area (Å²) in [6.07, 6.45) is -8.39. The zero-order valence-electron chi connectivity index (χ0n) is 18.8. The van der Waals surface area contributed by atoms with Crippen molar-refractivity contribution in [2.24, 2.45) is 0 Å². The van der Waals surface area contributed by atoms with E-state index in [4.69, 9.17) is 4.42 Å². The predicted octanol–water partition coefficient (Wildman–Crippen LogP) is 5.59. The average molecular weight is 510 g/mol. The first kappa shape index (κ1) is 25.3. The van der Waals surface area contributed by atoms with E-state index in [0.717, 1.165) is 4.90 Å². The van der Waals surface area contributed by atoms with Crippen LogP contribution in [0.3, 0.4) is 0 Å². The summed E-state index contributed by atoms with van der Waals surface area (Å²) in [5.74, 6) is -1.95. The highest BCUT2D eigenvalue weighted by Gasteiger charge is 2.45. The number of fused-ring (bicyclic) bond motifs is 1. The highest BCUT2D eigenvalue weighted by molar-refractivity contribution is 6.01. The molecule has 2 amide bonds. The summed E-state index contributed by atoms with van der Waals surface area (Å²) in [6.45, 7) is 0.103. The molecule has 0 aliphatic carbocycles. The van der Waals surface area contributed by atoms with Gasteiger partial charge in [-0.1, -0.05) is 18.2 Å². The number of likely N-dealkylation sites (N-methyl/N-ethyl adjacent to an activating group) is 1. The van der Waals surface area contributed by atoms with E-state index in [2.05, 4.69) is 5.32 Å². The molecule has 36 heavy (non-hydrogen) atoms. The molecule has 0 spiro atoms. The van der Waals surface area contributed by atoms with Gasteiger partial charge in [-0.25, -0.2) is 0 Å². The van der Waals surface area contributed by atoms with Gasteiger partial charge in [0.1, 0.15) is 5.76 Å². The predicted molar refractivity (Wildman–Crippen MR) is 116 cm³/mol. The first-order valence-corrected chi connectivity index (χ1v) is 10.8. The third kappa shape index (κ3) is 4.95. The highest BCUT2D eigenvalue weighted by atomic mass is 19.4. The van der Waals surface area contributed by atoms with E-state index in [0.29, 0.717) is 24.3 Å². The third-order valence-electron chi connectivity index (χ3n) is 6.06. The van der Waals surface area contributed by atoms with Gasteiger partial charge in [0, 0.05) is 25.6 Å². The molecule has 11 heteroatoms. The Hall–Kier alpha value is -3.76. The molecule has 2 heterocycles. The lowest BCUT2D eigenvalue weighted by atomic mass is 9.78. The van der Waals surface area contributed by atoms with E-state index in [-0.39, 0.29) is 23.7 Å². The molecule has 2 aromatic carbocycles. The van der Waals surface area contributed by atoms with E-state index in [9.17, 15) is 35.9 Å². The highest BCUT2D eigenvalue weighted by Crippen LogP contribution is 2.45. The lowest BCUT2D eigenvalue weighted by Gasteiger charge is -2.40. The topological polar surface area (TPSA) is 62.6 Å². The lowest BCUT2D eigenvalue weighted by Crippen LogP contribution is -2.46. The van der Waals surface area contributed by atoms with Gasteiger partial charge in [-0.05, 0) is 47.5 Å². The summed E-state index contributed by atoms with van der Waals surface area (Å²) >= 11 is 0. The maximum Gasteiger partial charge on any atom is 0.416 e. The van der Waals surface area contributed by atoms with Crippen molar-refractivity contribution in [1.29, 1.82) is 0 Å². The average Bonchev–Trinajstić information content (AvgIpc) is 3.33. The molecule has 1 aliphatic heterocycles. The van der Waals surface area contributed by atoms with Gasteiger partial charge in [0.2, 0.25) is 5.91 Å². The maximum atomic E-state index is 13.5. The smallest absolute Gasteiger partial charge is 0.416 e. The van der Waals surface area contributed by atoms with Crippen molar-refractivity contribution in [3.8, 4) is 0 Å². The van der Waals surface area contributed by atoms with Crippen molar-refractivity contribution in [2.75, 3.05) is 13.6 Å². The van der Waals surface area contributed by atoms with Gasteiger partial charge in [-0.15, -0.1) is 0 Å². The molecular formula is C25H20F6N2O3. The Kier molecular flexibility index (Phi) is 6.59. The van der Waals surface area contributed by atoms with E-state index >= 15 is 0 Å². The van der Waals surface area contributed by atoms with Crippen LogP contribution in [0.2, 0.25) is 0 Å². The van der Waals surface area contributed by atoms with Gasteiger partial charge in [0.05, 0.1) is 29.3 Å². The van der Waals surface area contributed by atoms with Crippen LogP contribution in [0.1, 0.15) is 50.3 Å². The number of carbonyl (C=O) groups excluding carboxylic acids is 2. The van der Waals surface area contributed by atoms with Crippen LogP contribution in [-0.2, 0) is 23.6 Å². The molecular weight excluding hydrogens is 490 g/mol. The number of halogens is 6. The van der Waals surface area contributed by atoms with Crippen LogP contribution in [0.15, 0.2) is 65.3 Å². The third-order valence-corrected chi connectivity index (χ3v) is 6.06. The minimum Gasteiger partial charge on any atom is -0.469 e. The monoisotopic (exact) mass is 510 g/mol. The van der Waals surface area contributed by atoms with Crippen molar-refractivity contribution in [3.05, 3.63) is 94.4 Å². The standard InChI is InChI=1S/C25H20F6N2O3/c1-33-21(14-11-15(24(26,27)28)13-16(12-14)25(29,30)31)20(18-6-2-3-7-19(18)23(33)35)22(34)32-9-8-17-5-4-10-36-17/h2-7,10-13,20-21H,8-9H2,1H3,(H,32,34). The Morgan fingerprint density at radius 2 is 1.61 bits per heavy atom. The second kappa shape index (κ2) is 9.36. The Balaban J connectivity index is 1.80. The van der Waals surface area contributed by atoms with Crippen LogP contribution in [0.25, 0.3) is 0 Å². The van der Waals surface area contributed by atoms with Crippen molar-refractivity contribution < 1.29 is 40.3 Å². The summed E-state index contributed by atoms with van der Waals surface area (Å²) < 4.78 is 86.4. The first-order valence-electron chi connectivity index (χ1n) is 10.8. The van der Waals surface area contributed by atoms with Gasteiger partial charge < -0.3 is 14.6 Å². The van der Waals surface area contributed by atoms with Crippen LogP contribution < -0.4 is 5.32 Å². The number of furan rings is 1. The molecule has 3 aromatic rings. The Labute approximate surface area is 201 Å². The van der Waals surface area contributed by atoms with Crippen molar-refractivity contribution >= 4 is 11.8 Å². The normalized spacial score (nSPS) is 18.2. The number of hydrogen-bond donors (Lipinski definition) is 1. The van der Waals surface area contributed by atoms with Crippen LogP contribution in [-0.4, -0.2) is 30.3 Å². The fraction of sp³-hybridized carbons (Fsp3) is 0.280. The summed E-state index contributed by atoms with van der Waals surface area (Å²) in [6, 6.07) is 9.11. The second-order valence-corrected chi connectivity index (χ2v) is 8.39. The number of alkyl halides is 6. The quantitative estimate of drug-likeness (QED) is 0.456. The molecule has 0 saturated carbocycles. The Bertz CT molecular complexity index is 1240. The van der Waals surface area contributed by atoms with Gasteiger partial charge in [0.15, 0.2) is 0 Å². The second-order valence-electron chi connectivity index (χ2n) is 8.39. The minimum absolute atomic E-state index is 0.0144. The maximum absolute atomic E-state index is 13.5. The van der Waals surface area contributed by atoms with Crippen molar-refractivity contribution in [3.63, 3.8) is 0 Å². The number of carbonyl (C=O) groups is 2.